The Morgan fingerprint density at radius 3 is 2.00 bits per heavy atom. The maximum Gasteiger partial charge on any atom is 0.149 e. The van der Waals surface area contributed by atoms with E-state index in [9.17, 15) is 0 Å². The van der Waals surface area contributed by atoms with Crippen LogP contribution in [0.1, 0.15) is 77.6 Å². The monoisotopic (exact) mass is 251 g/mol. The smallest absolute Gasteiger partial charge is 0.149 e. The average Bonchev–Trinajstić information content (AvgIpc) is 2.77. The lowest BCUT2D eigenvalue weighted by Gasteiger charge is -2.03. The topological polar surface area (TPSA) is 21.3 Å². The zero-order valence-electron chi connectivity index (χ0n) is 12.0. The van der Waals surface area contributed by atoms with Crippen molar-refractivity contribution >= 4 is 0 Å². The Morgan fingerprint density at radius 2 is 1.50 bits per heavy atom. The van der Waals surface area contributed by atoms with Crippen molar-refractivity contribution < 1.29 is 4.84 Å². The number of allylic oxidation sites excluding steroid dienone is 2. The van der Waals surface area contributed by atoms with E-state index in [0.29, 0.717) is 0 Å². The number of rotatable bonds is 11. The predicted octanol–water partition coefficient (Wildman–Crippen LogP) is 5.23. The van der Waals surface area contributed by atoms with Crippen molar-refractivity contribution in [1.82, 2.24) is 5.48 Å². The summed E-state index contributed by atoms with van der Waals surface area (Å²) in [5.41, 5.74) is 4.08. The van der Waals surface area contributed by atoms with Gasteiger partial charge in [0.25, 0.3) is 0 Å². The minimum atomic E-state index is 0.733. The average molecular weight is 251 g/mol. The summed E-state index contributed by atoms with van der Waals surface area (Å²) in [5.74, 6) is 0.733. The molecule has 0 fully saturated rings. The highest BCUT2D eigenvalue weighted by atomic mass is 16.7. The third-order valence-electron chi connectivity index (χ3n) is 3.45. The minimum Gasteiger partial charge on any atom is -0.383 e. The number of unbranched alkanes of at least 4 members (excludes halogenated alkanes) is 9. The minimum absolute atomic E-state index is 0.733. The molecule has 1 heterocycles. The maximum absolute atomic E-state index is 5.07. The quantitative estimate of drug-likeness (QED) is 0.508. The highest BCUT2D eigenvalue weighted by Crippen LogP contribution is 2.16. The second kappa shape index (κ2) is 10.0. The summed E-state index contributed by atoms with van der Waals surface area (Å²) in [7, 11) is 0. The standard InChI is InChI=1S/C16H29NO/c1-3-4-5-6-7-8-9-10-11-12-13-16-14-15(2)18-17-16/h14,17H,2-13H2,1H3. The van der Waals surface area contributed by atoms with Crippen LogP contribution in [-0.2, 0) is 4.84 Å². The summed E-state index contributed by atoms with van der Waals surface area (Å²) < 4.78 is 0. The summed E-state index contributed by atoms with van der Waals surface area (Å²) in [6, 6.07) is 0. The van der Waals surface area contributed by atoms with Crippen molar-refractivity contribution in [1.29, 1.82) is 0 Å². The number of hydrogen-bond donors (Lipinski definition) is 1. The molecule has 0 atom stereocenters. The van der Waals surface area contributed by atoms with Gasteiger partial charge in [-0.25, -0.2) is 5.48 Å². The van der Waals surface area contributed by atoms with E-state index in [2.05, 4.69) is 19.0 Å². The lowest BCUT2D eigenvalue weighted by atomic mass is 10.1. The van der Waals surface area contributed by atoms with Crippen LogP contribution in [0.25, 0.3) is 0 Å². The van der Waals surface area contributed by atoms with Crippen LogP contribution in [0.3, 0.4) is 0 Å². The lowest BCUT2D eigenvalue weighted by Crippen LogP contribution is -2.04. The van der Waals surface area contributed by atoms with Crippen molar-refractivity contribution in [3.8, 4) is 0 Å². The molecule has 1 aliphatic rings. The molecule has 2 nitrogen and oxygen atoms in total. The summed E-state index contributed by atoms with van der Waals surface area (Å²) >= 11 is 0. The molecule has 104 valence electrons. The molecule has 1 aliphatic heterocycles. The van der Waals surface area contributed by atoms with Crippen LogP contribution in [0.5, 0.6) is 0 Å². The molecular formula is C16H29NO. The van der Waals surface area contributed by atoms with Gasteiger partial charge in [0.15, 0.2) is 0 Å². The first-order valence-corrected chi connectivity index (χ1v) is 7.65. The molecule has 0 aromatic rings. The van der Waals surface area contributed by atoms with Gasteiger partial charge in [-0.3, -0.25) is 0 Å². The number of nitrogens with one attached hydrogen (secondary N) is 1. The Morgan fingerprint density at radius 1 is 0.944 bits per heavy atom. The zero-order valence-corrected chi connectivity index (χ0v) is 12.0. The van der Waals surface area contributed by atoms with E-state index >= 15 is 0 Å². The molecule has 18 heavy (non-hydrogen) atoms. The number of hydroxylamine groups is 1. The fourth-order valence-corrected chi connectivity index (χ4v) is 2.31. The molecule has 0 bridgehead atoms. The summed E-state index contributed by atoms with van der Waals surface area (Å²) in [6.45, 7) is 6.02. The predicted molar refractivity (Wildman–Crippen MR) is 77.9 cm³/mol. The molecule has 0 unspecified atom stereocenters. The molecule has 0 aromatic heterocycles. The first-order chi connectivity index (χ1) is 8.83. The van der Waals surface area contributed by atoms with Crippen LogP contribution in [0, 0.1) is 0 Å². The molecule has 0 saturated heterocycles. The van der Waals surface area contributed by atoms with Crippen LogP contribution in [0.2, 0.25) is 0 Å². The van der Waals surface area contributed by atoms with Crippen LogP contribution in [-0.4, -0.2) is 0 Å². The Kier molecular flexibility index (Phi) is 8.45. The Labute approximate surface area is 112 Å². The molecule has 0 spiro atoms. The molecule has 1 rings (SSSR count). The molecular weight excluding hydrogens is 222 g/mol. The zero-order chi connectivity index (χ0) is 13.1. The maximum atomic E-state index is 5.07. The van der Waals surface area contributed by atoms with Crippen LogP contribution < -0.4 is 5.48 Å². The normalized spacial score (nSPS) is 14.3. The van der Waals surface area contributed by atoms with Gasteiger partial charge >= 0.3 is 0 Å². The molecule has 0 saturated carbocycles. The first-order valence-electron chi connectivity index (χ1n) is 7.65. The Balaban J connectivity index is 1.79. The molecule has 1 N–H and O–H groups in total. The highest BCUT2D eigenvalue weighted by molar-refractivity contribution is 5.18. The van der Waals surface area contributed by atoms with Crippen LogP contribution in [0.15, 0.2) is 24.1 Å². The third-order valence-corrected chi connectivity index (χ3v) is 3.45. The van der Waals surface area contributed by atoms with Gasteiger partial charge in [0, 0.05) is 6.08 Å². The van der Waals surface area contributed by atoms with E-state index in [4.69, 9.17) is 4.84 Å². The number of hydrogen-bond acceptors (Lipinski definition) is 2. The highest BCUT2D eigenvalue weighted by Gasteiger charge is 2.06. The van der Waals surface area contributed by atoms with Crippen molar-refractivity contribution in [3.63, 3.8) is 0 Å². The fraction of sp³-hybridized carbons (Fsp3) is 0.750. The van der Waals surface area contributed by atoms with E-state index in [1.54, 1.807) is 0 Å². The van der Waals surface area contributed by atoms with Crippen molar-refractivity contribution in [3.05, 3.63) is 24.1 Å². The SMILES string of the molecule is C=C1C=C(CCCCCCCCCCCC)NO1. The van der Waals surface area contributed by atoms with Gasteiger partial charge in [-0.05, 0) is 12.8 Å². The molecule has 0 aliphatic carbocycles. The molecule has 2 heteroatoms. The van der Waals surface area contributed by atoms with Crippen molar-refractivity contribution in [2.75, 3.05) is 0 Å². The van der Waals surface area contributed by atoms with Gasteiger partial charge < -0.3 is 4.84 Å². The van der Waals surface area contributed by atoms with E-state index < -0.39 is 0 Å². The van der Waals surface area contributed by atoms with Gasteiger partial charge in [-0.1, -0.05) is 71.3 Å². The van der Waals surface area contributed by atoms with Gasteiger partial charge in [-0.15, -0.1) is 0 Å². The largest absolute Gasteiger partial charge is 0.383 e. The second-order valence-electron chi connectivity index (χ2n) is 5.27. The summed E-state index contributed by atoms with van der Waals surface area (Å²) in [4.78, 5) is 5.07. The second-order valence-corrected chi connectivity index (χ2v) is 5.27. The van der Waals surface area contributed by atoms with Crippen molar-refractivity contribution in [2.45, 2.75) is 77.6 Å². The van der Waals surface area contributed by atoms with E-state index in [1.165, 1.54) is 69.9 Å². The van der Waals surface area contributed by atoms with E-state index in [0.717, 1.165) is 12.2 Å². The molecule has 0 amide bonds. The third kappa shape index (κ3) is 7.41. The Bertz CT molecular complexity index is 258. The van der Waals surface area contributed by atoms with Gasteiger partial charge in [-0.2, -0.15) is 0 Å². The van der Waals surface area contributed by atoms with E-state index in [-0.39, 0.29) is 0 Å². The van der Waals surface area contributed by atoms with Crippen LogP contribution >= 0.6 is 0 Å². The lowest BCUT2D eigenvalue weighted by molar-refractivity contribution is 0.160. The van der Waals surface area contributed by atoms with Crippen LogP contribution in [0.4, 0.5) is 0 Å². The Hall–Kier alpha value is -0.920. The first kappa shape index (κ1) is 15.1. The molecule has 0 aromatic carbocycles. The van der Waals surface area contributed by atoms with Gasteiger partial charge in [0.05, 0.1) is 5.70 Å². The molecule has 0 radical (unpaired) electrons. The summed E-state index contributed by atoms with van der Waals surface area (Å²) in [6.07, 6.45) is 16.9. The van der Waals surface area contributed by atoms with Gasteiger partial charge in [0.1, 0.15) is 5.76 Å². The summed E-state index contributed by atoms with van der Waals surface area (Å²) in [5, 5.41) is 0. The van der Waals surface area contributed by atoms with Gasteiger partial charge in [0.2, 0.25) is 0 Å². The fourth-order valence-electron chi connectivity index (χ4n) is 2.31. The van der Waals surface area contributed by atoms with Crippen molar-refractivity contribution in [2.24, 2.45) is 0 Å². The van der Waals surface area contributed by atoms with E-state index in [1.807, 2.05) is 6.08 Å².